The van der Waals surface area contributed by atoms with E-state index in [-0.39, 0.29) is 6.54 Å². The highest BCUT2D eigenvalue weighted by atomic mass is 19.4. The van der Waals surface area contributed by atoms with E-state index in [4.69, 9.17) is 5.84 Å². The second-order valence-corrected chi connectivity index (χ2v) is 3.43. The van der Waals surface area contributed by atoms with Crippen LogP contribution in [0.25, 0.3) is 0 Å². The van der Waals surface area contributed by atoms with Gasteiger partial charge in [0.1, 0.15) is 0 Å². The van der Waals surface area contributed by atoms with Gasteiger partial charge in [-0.2, -0.15) is 18.3 Å². The largest absolute Gasteiger partial charge is 0.435 e. The third-order valence-corrected chi connectivity index (χ3v) is 2.11. The normalized spacial score (nSPS) is 11.6. The zero-order valence-corrected chi connectivity index (χ0v) is 9.02. The average Bonchev–Trinajstić information content (AvgIpc) is 2.78. The number of nitrogens with one attached hydrogen (secondary N) is 1. The molecule has 2 aromatic heterocycles. The van der Waals surface area contributed by atoms with Gasteiger partial charge in [0.15, 0.2) is 11.5 Å². The molecule has 0 saturated carbocycles. The fourth-order valence-corrected chi connectivity index (χ4v) is 1.28. The number of nitrogens with zero attached hydrogens (tertiary/aromatic N) is 4. The molecule has 6 nitrogen and oxygen atoms in total. The molecule has 2 aromatic rings. The summed E-state index contributed by atoms with van der Waals surface area (Å²) in [4.78, 5) is 7.86. The van der Waals surface area contributed by atoms with Crippen molar-refractivity contribution in [2.75, 3.05) is 5.43 Å². The highest BCUT2D eigenvalue weighted by Crippen LogP contribution is 2.27. The molecule has 0 spiro atoms. The van der Waals surface area contributed by atoms with Crippen LogP contribution in [0, 0.1) is 0 Å². The number of hydrogen-bond donors (Lipinski definition) is 2. The van der Waals surface area contributed by atoms with Crippen molar-refractivity contribution in [2.24, 2.45) is 5.84 Å². The summed E-state index contributed by atoms with van der Waals surface area (Å²) in [6.07, 6.45) is -0.419. The lowest BCUT2D eigenvalue weighted by atomic mass is 10.4. The predicted molar refractivity (Wildman–Crippen MR) is 56.2 cm³/mol. The summed E-state index contributed by atoms with van der Waals surface area (Å²) in [5.74, 6) is 5.48. The van der Waals surface area contributed by atoms with E-state index in [0.29, 0.717) is 11.5 Å². The first kappa shape index (κ1) is 12.3. The number of nitrogens with two attached hydrogens (primary N) is 1. The van der Waals surface area contributed by atoms with Crippen LogP contribution in [0.1, 0.15) is 11.4 Å². The van der Waals surface area contributed by atoms with Crippen LogP contribution in [-0.4, -0.2) is 19.7 Å². The van der Waals surface area contributed by atoms with Crippen LogP contribution in [0.15, 0.2) is 24.7 Å². The van der Waals surface area contributed by atoms with Gasteiger partial charge in [0.25, 0.3) is 0 Å². The van der Waals surface area contributed by atoms with Crippen LogP contribution in [0.2, 0.25) is 0 Å². The van der Waals surface area contributed by atoms with Gasteiger partial charge in [0.05, 0.1) is 24.6 Å². The molecule has 2 heterocycles. The van der Waals surface area contributed by atoms with Crippen LogP contribution in [0.4, 0.5) is 19.0 Å². The lowest BCUT2D eigenvalue weighted by molar-refractivity contribution is -0.141. The molecule has 3 N–H and O–H groups in total. The number of aromatic nitrogens is 4. The Balaban J connectivity index is 2.11. The smallest absolute Gasteiger partial charge is 0.307 e. The fourth-order valence-electron chi connectivity index (χ4n) is 1.28. The number of alkyl halides is 3. The molecule has 0 atom stereocenters. The topological polar surface area (TPSA) is 81.6 Å². The first-order valence-electron chi connectivity index (χ1n) is 4.87. The first-order chi connectivity index (χ1) is 8.49. The Morgan fingerprint density at radius 2 is 2.06 bits per heavy atom. The lowest BCUT2D eigenvalue weighted by Crippen LogP contribution is -2.11. The number of rotatable bonds is 3. The van der Waals surface area contributed by atoms with E-state index in [1.54, 1.807) is 0 Å². The van der Waals surface area contributed by atoms with E-state index in [1.165, 1.54) is 18.6 Å². The van der Waals surface area contributed by atoms with Crippen LogP contribution >= 0.6 is 0 Å². The summed E-state index contributed by atoms with van der Waals surface area (Å²) in [5, 5.41) is 3.40. The third kappa shape index (κ3) is 2.74. The van der Waals surface area contributed by atoms with Crippen molar-refractivity contribution in [3.63, 3.8) is 0 Å². The van der Waals surface area contributed by atoms with Crippen LogP contribution < -0.4 is 11.3 Å². The number of halogens is 3. The summed E-state index contributed by atoms with van der Waals surface area (Å²) in [7, 11) is 0. The highest BCUT2D eigenvalue weighted by molar-refractivity contribution is 5.28. The summed E-state index contributed by atoms with van der Waals surface area (Å²) >= 11 is 0. The van der Waals surface area contributed by atoms with Gasteiger partial charge in [-0.15, -0.1) is 0 Å². The average molecular weight is 258 g/mol. The summed E-state index contributed by atoms with van der Waals surface area (Å²) in [6, 6.07) is 0.906. The van der Waals surface area contributed by atoms with E-state index in [0.717, 1.165) is 10.7 Å². The van der Waals surface area contributed by atoms with Crippen molar-refractivity contribution in [1.29, 1.82) is 0 Å². The maximum absolute atomic E-state index is 12.3. The van der Waals surface area contributed by atoms with Gasteiger partial charge in [-0.05, 0) is 6.07 Å². The molecule has 9 heteroatoms. The maximum atomic E-state index is 12.3. The van der Waals surface area contributed by atoms with Crippen LogP contribution in [-0.2, 0) is 12.7 Å². The van der Waals surface area contributed by atoms with E-state index >= 15 is 0 Å². The number of hydrogen-bond acceptors (Lipinski definition) is 5. The molecule has 0 bridgehead atoms. The minimum atomic E-state index is -4.44. The second kappa shape index (κ2) is 4.61. The molecule has 2 rings (SSSR count). The van der Waals surface area contributed by atoms with E-state index in [2.05, 4.69) is 20.5 Å². The Bertz CT molecular complexity index is 518. The molecule has 0 aliphatic carbocycles. The lowest BCUT2D eigenvalue weighted by Gasteiger charge is -2.03. The summed E-state index contributed by atoms with van der Waals surface area (Å²) in [6.45, 7) is 0.105. The third-order valence-electron chi connectivity index (χ3n) is 2.11. The van der Waals surface area contributed by atoms with E-state index in [9.17, 15) is 13.2 Å². The van der Waals surface area contributed by atoms with Crippen molar-refractivity contribution in [3.05, 3.63) is 36.0 Å². The molecular formula is C9H9F3N6. The molecule has 0 unspecified atom stereocenters. The standard InChI is InChI=1S/C9H9F3N6/c10-9(11,12)7-1-2-18(17-7)5-6-3-15-8(16-13)4-14-6/h1-4H,5,13H2,(H,15,16). The van der Waals surface area contributed by atoms with Crippen molar-refractivity contribution in [2.45, 2.75) is 12.7 Å². The van der Waals surface area contributed by atoms with Gasteiger partial charge in [-0.25, -0.2) is 10.8 Å². The SMILES string of the molecule is NNc1cnc(Cn2ccc(C(F)(F)F)n2)cn1. The van der Waals surface area contributed by atoms with E-state index in [1.807, 2.05) is 0 Å². The van der Waals surface area contributed by atoms with Crippen molar-refractivity contribution >= 4 is 5.82 Å². The Labute approximate surface area is 99.6 Å². The number of nitrogen functional groups attached to an aromatic ring is 1. The fraction of sp³-hybridized carbons (Fsp3) is 0.222. The summed E-state index contributed by atoms with van der Waals surface area (Å²) in [5.41, 5.74) is 1.84. The monoisotopic (exact) mass is 258 g/mol. The Hall–Kier alpha value is -2.16. The molecule has 0 aliphatic heterocycles. The van der Waals surface area contributed by atoms with Crippen molar-refractivity contribution in [3.8, 4) is 0 Å². The zero-order valence-electron chi connectivity index (χ0n) is 9.02. The molecule has 0 fully saturated rings. The van der Waals surface area contributed by atoms with E-state index < -0.39 is 11.9 Å². The minimum absolute atomic E-state index is 0.105. The molecule has 96 valence electrons. The van der Waals surface area contributed by atoms with Gasteiger partial charge in [-0.1, -0.05) is 0 Å². The predicted octanol–water partition coefficient (Wildman–Crippen LogP) is 1.03. The number of anilines is 1. The number of hydrazine groups is 1. The zero-order chi connectivity index (χ0) is 13.2. The highest BCUT2D eigenvalue weighted by Gasteiger charge is 2.33. The molecule has 18 heavy (non-hydrogen) atoms. The van der Waals surface area contributed by atoms with Gasteiger partial charge >= 0.3 is 6.18 Å². The first-order valence-corrected chi connectivity index (χ1v) is 4.87. The van der Waals surface area contributed by atoms with Gasteiger partial charge in [-0.3, -0.25) is 9.67 Å². The van der Waals surface area contributed by atoms with Crippen molar-refractivity contribution < 1.29 is 13.2 Å². The van der Waals surface area contributed by atoms with Crippen molar-refractivity contribution in [1.82, 2.24) is 19.7 Å². The molecule has 0 aliphatic rings. The Morgan fingerprint density at radius 3 is 2.56 bits per heavy atom. The molecule has 0 aromatic carbocycles. The Morgan fingerprint density at radius 1 is 1.28 bits per heavy atom. The van der Waals surface area contributed by atoms with Crippen LogP contribution in [0.5, 0.6) is 0 Å². The minimum Gasteiger partial charge on any atom is -0.307 e. The van der Waals surface area contributed by atoms with Crippen LogP contribution in [0.3, 0.4) is 0 Å². The molecule has 0 saturated heterocycles. The second-order valence-electron chi connectivity index (χ2n) is 3.43. The quantitative estimate of drug-likeness (QED) is 0.634. The molecule has 0 radical (unpaired) electrons. The molecule has 0 amide bonds. The van der Waals surface area contributed by atoms with Gasteiger partial charge in [0, 0.05) is 6.20 Å². The van der Waals surface area contributed by atoms with Gasteiger partial charge < -0.3 is 5.43 Å². The Kier molecular flexibility index (Phi) is 3.15. The van der Waals surface area contributed by atoms with Gasteiger partial charge in [0.2, 0.25) is 0 Å². The maximum Gasteiger partial charge on any atom is 0.435 e. The summed E-state index contributed by atoms with van der Waals surface area (Å²) < 4.78 is 38.1. The molecular weight excluding hydrogens is 249 g/mol.